The van der Waals surface area contributed by atoms with Crippen molar-refractivity contribution >= 4 is 0 Å². The molecule has 0 aromatic heterocycles. The lowest BCUT2D eigenvalue weighted by Crippen LogP contribution is -2.33. The highest BCUT2D eigenvalue weighted by Crippen LogP contribution is 2.08. The number of halogens is 1. The van der Waals surface area contributed by atoms with Gasteiger partial charge in [0.25, 0.3) is 0 Å². The summed E-state index contributed by atoms with van der Waals surface area (Å²) in [6, 6.07) is 7.10. The first-order valence-electron chi connectivity index (χ1n) is 6.32. The third-order valence-electron chi connectivity index (χ3n) is 2.71. The zero-order chi connectivity index (χ0) is 12.5. The van der Waals surface area contributed by atoms with Crippen molar-refractivity contribution in [1.82, 2.24) is 5.32 Å². The van der Waals surface area contributed by atoms with Gasteiger partial charge in [0, 0.05) is 11.6 Å². The Kier molecular flexibility index (Phi) is 6.82. The molecule has 17 heavy (non-hydrogen) atoms. The molecule has 1 N–H and O–H groups in total. The minimum absolute atomic E-state index is 0.193. The second-order valence-corrected chi connectivity index (χ2v) is 4.17. The van der Waals surface area contributed by atoms with Gasteiger partial charge >= 0.3 is 0 Å². The largest absolute Gasteiger partial charge is 0.375 e. The topological polar surface area (TPSA) is 21.3 Å². The number of rotatable bonds is 8. The molecule has 0 saturated heterocycles. The lowest BCUT2D eigenvalue weighted by molar-refractivity contribution is 0.0956. The summed E-state index contributed by atoms with van der Waals surface area (Å²) in [6.45, 7) is 6.24. The van der Waals surface area contributed by atoms with Gasteiger partial charge in [0.05, 0.1) is 13.2 Å². The summed E-state index contributed by atoms with van der Waals surface area (Å²) in [5.74, 6) is -0.193. The Hall–Kier alpha value is -0.930. The zero-order valence-corrected chi connectivity index (χ0v) is 10.7. The Morgan fingerprint density at radius 2 is 2.06 bits per heavy atom. The summed E-state index contributed by atoms with van der Waals surface area (Å²) in [5.41, 5.74) is 0.623. The van der Waals surface area contributed by atoms with Crippen LogP contribution in [0.15, 0.2) is 24.3 Å². The van der Waals surface area contributed by atoms with E-state index < -0.39 is 0 Å². The SMILES string of the molecule is CCCNC(CC)COCc1ccccc1F. The number of hydrogen-bond acceptors (Lipinski definition) is 2. The molecule has 0 fully saturated rings. The lowest BCUT2D eigenvalue weighted by atomic mass is 10.2. The first-order valence-corrected chi connectivity index (χ1v) is 6.32. The van der Waals surface area contributed by atoms with Crippen LogP contribution in [0.25, 0.3) is 0 Å². The number of ether oxygens (including phenoxy) is 1. The van der Waals surface area contributed by atoms with E-state index in [0.717, 1.165) is 19.4 Å². The van der Waals surface area contributed by atoms with Crippen LogP contribution in [0.5, 0.6) is 0 Å². The van der Waals surface area contributed by atoms with Gasteiger partial charge in [-0.2, -0.15) is 0 Å². The zero-order valence-electron chi connectivity index (χ0n) is 10.7. The maximum absolute atomic E-state index is 13.3. The molecule has 0 aliphatic heterocycles. The van der Waals surface area contributed by atoms with E-state index >= 15 is 0 Å². The van der Waals surface area contributed by atoms with Crippen LogP contribution in [0.2, 0.25) is 0 Å². The highest BCUT2D eigenvalue weighted by Gasteiger charge is 2.06. The molecule has 2 nitrogen and oxygen atoms in total. The summed E-state index contributed by atoms with van der Waals surface area (Å²) >= 11 is 0. The van der Waals surface area contributed by atoms with Gasteiger partial charge in [-0.25, -0.2) is 4.39 Å². The van der Waals surface area contributed by atoms with Gasteiger partial charge in [-0.05, 0) is 25.5 Å². The molecule has 0 amide bonds. The van der Waals surface area contributed by atoms with Crippen molar-refractivity contribution in [2.45, 2.75) is 39.3 Å². The molecule has 0 bridgehead atoms. The minimum Gasteiger partial charge on any atom is -0.375 e. The van der Waals surface area contributed by atoms with Crippen LogP contribution < -0.4 is 5.32 Å². The average Bonchev–Trinajstić information content (AvgIpc) is 2.35. The van der Waals surface area contributed by atoms with Gasteiger partial charge < -0.3 is 10.1 Å². The molecule has 1 atom stereocenters. The Morgan fingerprint density at radius 1 is 1.29 bits per heavy atom. The third-order valence-corrected chi connectivity index (χ3v) is 2.71. The van der Waals surface area contributed by atoms with Crippen LogP contribution in [0, 0.1) is 5.82 Å². The first kappa shape index (κ1) is 14.1. The fraction of sp³-hybridized carbons (Fsp3) is 0.571. The van der Waals surface area contributed by atoms with Crippen molar-refractivity contribution in [3.05, 3.63) is 35.6 Å². The van der Waals surface area contributed by atoms with Gasteiger partial charge in [0.2, 0.25) is 0 Å². The molecule has 0 radical (unpaired) electrons. The molecule has 0 saturated carbocycles. The molecule has 1 unspecified atom stereocenters. The monoisotopic (exact) mass is 239 g/mol. The standard InChI is InChI=1S/C14H22FNO/c1-3-9-16-13(4-2)11-17-10-12-7-5-6-8-14(12)15/h5-8,13,16H,3-4,9-11H2,1-2H3. The van der Waals surface area contributed by atoms with Gasteiger partial charge in [-0.3, -0.25) is 0 Å². The number of nitrogens with one attached hydrogen (secondary N) is 1. The predicted molar refractivity (Wildman–Crippen MR) is 68.4 cm³/mol. The molecule has 1 aromatic carbocycles. The average molecular weight is 239 g/mol. The van der Waals surface area contributed by atoms with E-state index in [1.807, 2.05) is 6.07 Å². The molecule has 1 aromatic rings. The van der Waals surface area contributed by atoms with Crippen LogP contribution in [0.4, 0.5) is 4.39 Å². The van der Waals surface area contributed by atoms with Crippen LogP contribution >= 0.6 is 0 Å². The molecule has 0 aliphatic carbocycles. The maximum atomic E-state index is 13.3. The number of benzene rings is 1. The van der Waals surface area contributed by atoms with Gasteiger partial charge in [-0.1, -0.05) is 32.0 Å². The molecule has 3 heteroatoms. The van der Waals surface area contributed by atoms with Crippen LogP contribution in [-0.4, -0.2) is 19.2 Å². The van der Waals surface area contributed by atoms with E-state index in [1.54, 1.807) is 12.1 Å². The van der Waals surface area contributed by atoms with E-state index in [1.165, 1.54) is 6.07 Å². The molecular formula is C14H22FNO. The van der Waals surface area contributed by atoms with Crippen molar-refractivity contribution in [2.75, 3.05) is 13.2 Å². The second-order valence-electron chi connectivity index (χ2n) is 4.17. The molecule has 0 spiro atoms. The summed E-state index contributed by atoms with van der Waals surface area (Å²) in [5, 5.41) is 3.40. The smallest absolute Gasteiger partial charge is 0.128 e. The van der Waals surface area contributed by atoms with E-state index in [4.69, 9.17) is 4.74 Å². The Balaban J connectivity index is 2.28. The number of hydrogen-bond donors (Lipinski definition) is 1. The Morgan fingerprint density at radius 3 is 2.71 bits per heavy atom. The summed E-state index contributed by atoms with van der Waals surface area (Å²) in [7, 11) is 0. The van der Waals surface area contributed by atoms with Crippen molar-refractivity contribution < 1.29 is 9.13 Å². The highest BCUT2D eigenvalue weighted by atomic mass is 19.1. The summed E-state index contributed by atoms with van der Waals surface area (Å²) < 4.78 is 18.9. The van der Waals surface area contributed by atoms with Gasteiger partial charge in [-0.15, -0.1) is 0 Å². The lowest BCUT2D eigenvalue weighted by Gasteiger charge is -2.16. The maximum Gasteiger partial charge on any atom is 0.128 e. The van der Waals surface area contributed by atoms with Crippen LogP contribution in [0.1, 0.15) is 32.3 Å². The Labute approximate surface area is 103 Å². The fourth-order valence-electron chi connectivity index (χ4n) is 1.60. The third kappa shape index (κ3) is 5.29. The van der Waals surface area contributed by atoms with Gasteiger partial charge in [0.1, 0.15) is 5.82 Å². The van der Waals surface area contributed by atoms with Crippen LogP contribution in [-0.2, 0) is 11.3 Å². The minimum atomic E-state index is -0.193. The van der Waals surface area contributed by atoms with E-state index in [0.29, 0.717) is 24.8 Å². The second kappa shape index (κ2) is 8.20. The summed E-state index contributed by atoms with van der Waals surface area (Å²) in [6.07, 6.45) is 2.14. The predicted octanol–water partition coefficient (Wildman–Crippen LogP) is 3.12. The fourth-order valence-corrected chi connectivity index (χ4v) is 1.60. The molecular weight excluding hydrogens is 217 g/mol. The van der Waals surface area contributed by atoms with Gasteiger partial charge in [0.15, 0.2) is 0 Å². The molecule has 0 aliphatic rings. The van der Waals surface area contributed by atoms with Crippen LogP contribution in [0.3, 0.4) is 0 Å². The molecule has 96 valence electrons. The first-order chi connectivity index (χ1) is 8.27. The molecule has 0 heterocycles. The van der Waals surface area contributed by atoms with E-state index in [2.05, 4.69) is 19.2 Å². The summed E-state index contributed by atoms with van der Waals surface area (Å²) in [4.78, 5) is 0. The molecule has 1 rings (SSSR count). The highest BCUT2D eigenvalue weighted by molar-refractivity contribution is 5.16. The quantitative estimate of drug-likeness (QED) is 0.752. The Bertz CT molecular complexity index is 317. The van der Waals surface area contributed by atoms with Crippen molar-refractivity contribution in [1.29, 1.82) is 0 Å². The van der Waals surface area contributed by atoms with E-state index in [9.17, 15) is 4.39 Å². The normalized spacial score (nSPS) is 12.6. The van der Waals surface area contributed by atoms with Crippen molar-refractivity contribution in [2.24, 2.45) is 0 Å². The van der Waals surface area contributed by atoms with E-state index in [-0.39, 0.29) is 5.82 Å². The van der Waals surface area contributed by atoms with Crippen molar-refractivity contribution in [3.63, 3.8) is 0 Å². The van der Waals surface area contributed by atoms with Crippen molar-refractivity contribution in [3.8, 4) is 0 Å².